The molecule has 35 heavy (non-hydrogen) atoms. The molecule has 1 saturated heterocycles. The first-order chi connectivity index (χ1) is 16.9. The van der Waals surface area contributed by atoms with E-state index in [0.29, 0.717) is 24.8 Å². The number of aryl methyl sites for hydroxylation is 2. The third-order valence-electron chi connectivity index (χ3n) is 6.29. The molecule has 1 aliphatic rings. The summed E-state index contributed by atoms with van der Waals surface area (Å²) in [4.78, 5) is 34.9. The first-order valence-electron chi connectivity index (χ1n) is 12.1. The summed E-state index contributed by atoms with van der Waals surface area (Å²) in [6.45, 7) is 10.00. The molecule has 0 saturated carbocycles. The van der Waals surface area contributed by atoms with Gasteiger partial charge in [0.15, 0.2) is 5.13 Å². The van der Waals surface area contributed by atoms with Crippen LogP contribution in [-0.2, 0) is 17.8 Å². The number of nitrogens with one attached hydrogen (secondary N) is 1. The Morgan fingerprint density at radius 1 is 1.20 bits per heavy atom. The van der Waals surface area contributed by atoms with E-state index in [1.54, 1.807) is 11.3 Å². The van der Waals surface area contributed by atoms with Crippen LogP contribution in [0.15, 0.2) is 36.5 Å². The topological polar surface area (TPSA) is 88.8 Å². The van der Waals surface area contributed by atoms with E-state index in [0.717, 1.165) is 57.8 Å². The average molecular weight is 490 g/mol. The number of rotatable bonds is 7. The van der Waals surface area contributed by atoms with Crippen molar-refractivity contribution in [1.82, 2.24) is 29.4 Å². The molecular formula is C26H31N7OS. The van der Waals surface area contributed by atoms with Gasteiger partial charge in [0.25, 0.3) is 0 Å². The van der Waals surface area contributed by atoms with Gasteiger partial charge in [-0.3, -0.25) is 4.79 Å². The third-order valence-corrected chi connectivity index (χ3v) is 7.12. The number of para-hydroxylation sites is 2. The lowest BCUT2D eigenvalue weighted by Crippen LogP contribution is -2.32. The normalized spacial score (nSPS) is 15.9. The minimum absolute atomic E-state index is 0.128. The number of anilines is 2. The molecule has 0 radical (unpaired) electrons. The van der Waals surface area contributed by atoms with Crippen LogP contribution in [0.3, 0.4) is 0 Å². The van der Waals surface area contributed by atoms with Crippen molar-refractivity contribution in [2.24, 2.45) is 5.92 Å². The Kier molecular flexibility index (Phi) is 6.51. The molecular weight excluding hydrogens is 458 g/mol. The van der Waals surface area contributed by atoms with Gasteiger partial charge in [-0.2, -0.15) is 0 Å². The lowest BCUT2D eigenvalue weighted by atomic mass is 10.0. The molecule has 1 atom stereocenters. The van der Waals surface area contributed by atoms with Gasteiger partial charge >= 0.3 is 0 Å². The fourth-order valence-corrected chi connectivity index (χ4v) is 5.34. The number of nitrogens with zero attached hydrogens (tertiary/aromatic N) is 6. The molecule has 4 heterocycles. The first-order valence-corrected chi connectivity index (χ1v) is 12.9. The first kappa shape index (κ1) is 23.4. The SMILES string of the molecule is Cc1nc(Nc2ncc(C)s2)cc(C2CCN(C(=O)Cn3c(CC(C)C)nc4ccccc43)C2)n1. The van der Waals surface area contributed by atoms with Crippen LogP contribution in [0.25, 0.3) is 11.0 Å². The smallest absolute Gasteiger partial charge is 0.242 e. The summed E-state index contributed by atoms with van der Waals surface area (Å²) >= 11 is 1.59. The van der Waals surface area contributed by atoms with E-state index in [1.807, 2.05) is 55.3 Å². The zero-order valence-electron chi connectivity index (χ0n) is 20.7. The van der Waals surface area contributed by atoms with E-state index in [1.165, 1.54) is 0 Å². The number of benzene rings is 1. The summed E-state index contributed by atoms with van der Waals surface area (Å²) in [5.41, 5.74) is 2.94. The van der Waals surface area contributed by atoms with Crippen molar-refractivity contribution in [3.05, 3.63) is 58.7 Å². The van der Waals surface area contributed by atoms with E-state index >= 15 is 0 Å². The maximum Gasteiger partial charge on any atom is 0.242 e. The number of hydrogen-bond donors (Lipinski definition) is 1. The van der Waals surface area contributed by atoms with Crippen LogP contribution in [0.4, 0.5) is 10.9 Å². The summed E-state index contributed by atoms with van der Waals surface area (Å²) in [6, 6.07) is 10.1. The van der Waals surface area contributed by atoms with Gasteiger partial charge < -0.3 is 14.8 Å². The van der Waals surface area contributed by atoms with Gasteiger partial charge in [0.1, 0.15) is 24.0 Å². The zero-order chi connectivity index (χ0) is 24.5. The molecule has 1 aliphatic heterocycles. The number of carbonyl (C=O) groups excluding carboxylic acids is 1. The highest BCUT2D eigenvalue weighted by atomic mass is 32.1. The second-order valence-corrected chi connectivity index (χ2v) is 10.9. The van der Waals surface area contributed by atoms with Crippen LogP contribution in [0.5, 0.6) is 0 Å². The van der Waals surface area contributed by atoms with Gasteiger partial charge in [0.2, 0.25) is 5.91 Å². The van der Waals surface area contributed by atoms with Crippen molar-refractivity contribution in [2.75, 3.05) is 18.4 Å². The van der Waals surface area contributed by atoms with Crippen LogP contribution < -0.4 is 5.32 Å². The number of carbonyl (C=O) groups is 1. The molecule has 5 rings (SSSR count). The zero-order valence-corrected chi connectivity index (χ0v) is 21.5. The molecule has 1 unspecified atom stereocenters. The lowest BCUT2D eigenvalue weighted by molar-refractivity contribution is -0.130. The van der Waals surface area contributed by atoms with Gasteiger partial charge in [-0.25, -0.2) is 19.9 Å². The molecule has 1 N–H and O–H groups in total. The minimum Gasteiger partial charge on any atom is -0.340 e. The van der Waals surface area contributed by atoms with Crippen LogP contribution >= 0.6 is 11.3 Å². The van der Waals surface area contributed by atoms with Crippen LogP contribution in [0.1, 0.15) is 48.4 Å². The van der Waals surface area contributed by atoms with Crippen molar-refractivity contribution < 1.29 is 4.79 Å². The van der Waals surface area contributed by atoms with Crippen molar-refractivity contribution in [1.29, 1.82) is 0 Å². The average Bonchev–Trinajstić information content (AvgIpc) is 3.53. The van der Waals surface area contributed by atoms with E-state index in [2.05, 4.69) is 33.7 Å². The summed E-state index contributed by atoms with van der Waals surface area (Å²) in [5.74, 6) is 3.22. The van der Waals surface area contributed by atoms with Gasteiger partial charge in [0, 0.05) is 42.6 Å². The van der Waals surface area contributed by atoms with Gasteiger partial charge in [-0.1, -0.05) is 26.0 Å². The summed E-state index contributed by atoms with van der Waals surface area (Å²) in [5, 5.41) is 4.12. The van der Waals surface area contributed by atoms with E-state index < -0.39 is 0 Å². The number of imidazole rings is 1. The predicted molar refractivity (Wildman–Crippen MR) is 139 cm³/mol. The number of thiazole rings is 1. The maximum atomic E-state index is 13.4. The van der Waals surface area contributed by atoms with Gasteiger partial charge in [0.05, 0.1) is 16.7 Å². The number of amides is 1. The Morgan fingerprint density at radius 3 is 2.80 bits per heavy atom. The van der Waals surface area contributed by atoms with E-state index in [4.69, 9.17) is 9.97 Å². The van der Waals surface area contributed by atoms with Crippen LogP contribution in [-0.4, -0.2) is 48.4 Å². The molecule has 4 aromatic rings. The Hall–Kier alpha value is -3.33. The summed E-state index contributed by atoms with van der Waals surface area (Å²) < 4.78 is 2.10. The number of hydrogen-bond acceptors (Lipinski definition) is 7. The molecule has 0 bridgehead atoms. The highest BCUT2D eigenvalue weighted by molar-refractivity contribution is 7.15. The van der Waals surface area contributed by atoms with Crippen LogP contribution in [0.2, 0.25) is 0 Å². The molecule has 1 aromatic carbocycles. The lowest BCUT2D eigenvalue weighted by Gasteiger charge is -2.19. The number of fused-ring (bicyclic) bond motifs is 1. The fourth-order valence-electron chi connectivity index (χ4n) is 4.67. The highest BCUT2D eigenvalue weighted by Gasteiger charge is 2.29. The molecule has 1 fully saturated rings. The maximum absolute atomic E-state index is 13.4. The molecule has 8 nitrogen and oxygen atoms in total. The molecule has 9 heteroatoms. The number of likely N-dealkylation sites (tertiary alicyclic amines) is 1. The van der Waals surface area contributed by atoms with Crippen LogP contribution in [0, 0.1) is 19.8 Å². The van der Waals surface area contributed by atoms with Crippen molar-refractivity contribution in [2.45, 2.75) is 53.0 Å². The quantitative estimate of drug-likeness (QED) is 0.399. The van der Waals surface area contributed by atoms with E-state index in [9.17, 15) is 4.79 Å². The van der Waals surface area contributed by atoms with Crippen molar-refractivity contribution in [3.8, 4) is 0 Å². The largest absolute Gasteiger partial charge is 0.340 e. The fraction of sp³-hybridized carbons (Fsp3) is 0.423. The molecule has 3 aromatic heterocycles. The highest BCUT2D eigenvalue weighted by Crippen LogP contribution is 2.29. The molecule has 1 amide bonds. The molecule has 0 spiro atoms. The van der Waals surface area contributed by atoms with Gasteiger partial charge in [-0.05, 0) is 38.3 Å². The standard InChI is InChI=1S/C26H31N7OS/c1-16(2)11-24-30-20-7-5-6-8-22(20)33(24)15-25(34)32-10-9-19(14-32)21-12-23(29-18(4)28-21)31-26-27-13-17(3)35-26/h5-8,12-13,16,19H,9-11,14-15H2,1-4H3,(H,27,28,29,31). The minimum atomic E-state index is 0.128. The monoisotopic (exact) mass is 489 g/mol. The second-order valence-electron chi connectivity index (χ2n) is 9.65. The molecule has 0 aliphatic carbocycles. The molecule has 182 valence electrons. The third kappa shape index (κ3) is 5.19. The Labute approximate surface area is 209 Å². The van der Waals surface area contributed by atoms with Crippen molar-refractivity contribution in [3.63, 3.8) is 0 Å². The van der Waals surface area contributed by atoms with Gasteiger partial charge in [-0.15, -0.1) is 11.3 Å². The summed E-state index contributed by atoms with van der Waals surface area (Å²) in [6.07, 6.45) is 3.58. The predicted octanol–water partition coefficient (Wildman–Crippen LogP) is 4.86. The Bertz CT molecular complexity index is 1360. The Balaban J connectivity index is 1.31. The summed E-state index contributed by atoms with van der Waals surface area (Å²) in [7, 11) is 0. The van der Waals surface area contributed by atoms with Crippen molar-refractivity contribution >= 4 is 39.2 Å². The number of aromatic nitrogens is 5. The Morgan fingerprint density at radius 2 is 2.03 bits per heavy atom. The second kappa shape index (κ2) is 9.73. The van der Waals surface area contributed by atoms with E-state index in [-0.39, 0.29) is 11.8 Å².